The van der Waals surface area contributed by atoms with Gasteiger partial charge in [0.15, 0.2) is 0 Å². The van der Waals surface area contributed by atoms with E-state index in [-0.39, 0.29) is 4.83 Å². The second kappa shape index (κ2) is 5.89. The van der Waals surface area contributed by atoms with Crippen molar-refractivity contribution in [3.8, 4) is 5.75 Å². The highest BCUT2D eigenvalue weighted by Crippen LogP contribution is 2.35. The Kier molecular flexibility index (Phi) is 4.46. The molecule has 1 nitrogen and oxygen atoms in total. The van der Waals surface area contributed by atoms with Crippen LogP contribution in [-0.4, -0.2) is 7.11 Å². The Morgan fingerprint density at radius 1 is 1.06 bits per heavy atom. The van der Waals surface area contributed by atoms with Crippen LogP contribution in [0.5, 0.6) is 5.75 Å². The molecule has 2 aromatic rings. The summed E-state index contributed by atoms with van der Waals surface area (Å²) in [5.74, 6) is 0.879. The molecule has 0 aliphatic carbocycles. The van der Waals surface area contributed by atoms with Crippen LogP contribution in [0.1, 0.15) is 21.5 Å². The van der Waals surface area contributed by atoms with Crippen molar-refractivity contribution >= 4 is 31.9 Å². The van der Waals surface area contributed by atoms with Crippen molar-refractivity contribution in [2.75, 3.05) is 7.11 Å². The van der Waals surface area contributed by atoms with E-state index < -0.39 is 0 Å². The average molecular weight is 370 g/mol. The Bertz CT molecular complexity index is 535. The predicted octanol–water partition coefficient (Wildman–Crippen LogP) is 5.25. The van der Waals surface area contributed by atoms with Crippen LogP contribution in [0.3, 0.4) is 0 Å². The van der Waals surface area contributed by atoms with Crippen molar-refractivity contribution in [1.82, 2.24) is 0 Å². The zero-order valence-corrected chi connectivity index (χ0v) is 13.5. The van der Waals surface area contributed by atoms with Crippen molar-refractivity contribution in [3.05, 3.63) is 63.6 Å². The highest BCUT2D eigenvalue weighted by atomic mass is 79.9. The van der Waals surface area contributed by atoms with Crippen molar-refractivity contribution in [1.29, 1.82) is 0 Å². The van der Waals surface area contributed by atoms with Gasteiger partial charge in [0.25, 0.3) is 0 Å². The lowest BCUT2D eigenvalue weighted by Gasteiger charge is -2.15. The summed E-state index contributed by atoms with van der Waals surface area (Å²) < 4.78 is 6.31. The lowest BCUT2D eigenvalue weighted by molar-refractivity contribution is 0.414. The van der Waals surface area contributed by atoms with Crippen LogP contribution in [0, 0.1) is 6.92 Å². The zero-order valence-electron chi connectivity index (χ0n) is 10.3. The van der Waals surface area contributed by atoms with E-state index in [4.69, 9.17) is 4.74 Å². The van der Waals surface area contributed by atoms with Crippen molar-refractivity contribution in [2.45, 2.75) is 11.8 Å². The van der Waals surface area contributed by atoms with Gasteiger partial charge in [0.1, 0.15) is 5.75 Å². The number of rotatable bonds is 3. The van der Waals surface area contributed by atoms with Gasteiger partial charge in [0, 0.05) is 4.47 Å². The molecular formula is C15H14Br2O. The molecule has 0 N–H and O–H groups in total. The van der Waals surface area contributed by atoms with Crippen LogP contribution >= 0.6 is 31.9 Å². The second-order valence-electron chi connectivity index (χ2n) is 4.09. The first kappa shape index (κ1) is 13.6. The van der Waals surface area contributed by atoms with Gasteiger partial charge in [-0.05, 0) is 41.8 Å². The molecule has 0 aliphatic rings. The molecular weight excluding hydrogens is 356 g/mol. The van der Waals surface area contributed by atoms with Gasteiger partial charge < -0.3 is 4.74 Å². The topological polar surface area (TPSA) is 9.23 Å². The number of halogens is 2. The molecule has 1 unspecified atom stereocenters. The van der Waals surface area contributed by atoms with Crippen LogP contribution in [0.2, 0.25) is 0 Å². The summed E-state index contributed by atoms with van der Waals surface area (Å²) in [6.45, 7) is 2.12. The highest BCUT2D eigenvalue weighted by molar-refractivity contribution is 9.10. The molecule has 0 saturated heterocycles. The van der Waals surface area contributed by atoms with E-state index in [2.05, 4.69) is 69.1 Å². The van der Waals surface area contributed by atoms with Crippen LogP contribution < -0.4 is 4.74 Å². The molecule has 2 aromatic carbocycles. The van der Waals surface area contributed by atoms with E-state index in [0.29, 0.717) is 0 Å². The SMILES string of the molecule is COc1ccc(C(Br)c2cccc(Br)c2C)cc1. The molecule has 0 fully saturated rings. The minimum atomic E-state index is 0.195. The fraction of sp³-hybridized carbons (Fsp3) is 0.200. The molecule has 0 bridgehead atoms. The van der Waals surface area contributed by atoms with Gasteiger partial charge in [0.05, 0.1) is 11.9 Å². The van der Waals surface area contributed by atoms with Gasteiger partial charge in [-0.3, -0.25) is 0 Å². The van der Waals surface area contributed by atoms with Gasteiger partial charge in [-0.1, -0.05) is 56.1 Å². The third kappa shape index (κ3) is 2.78. The lowest BCUT2D eigenvalue weighted by Crippen LogP contribution is -1.96. The largest absolute Gasteiger partial charge is 0.497 e. The Morgan fingerprint density at radius 2 is 1.72 bits per heavy atom. The lowest BCUT2D eigenvalue weighted by atomic mass is 10.0. The molecule has 0 aliphatic heterocycles. The van der Waals surface area contributed by atoms with E-state index in [1.54, 1.807) is 7.11 Å². The Balaban J connectivity index is 2.35. The first-order chi connectivity index (χ1) is 8.63. The maximum atomic E-state index is 5.17. The van der Waals surface area contributed by atoms with Crippen LogP contribution in [-0.2, 0) is 0 Å². The summed E-state index contributed by atoms with van der Waals surface area (Å²) in [5, 5.41) is 0. The number of benzene rings is 2. The Morgan fingerprint density at radius 3 is 2.33 bits per heavy atom. The second-order valence-corrected chi connectivity index (χ2v) is 5.86. The fourth-order valence-electron chi connectivity index (χ4n) is 1.85. The summed E-state index contributed by atoms with van der Waals surface area (Å²) in [4.78, 5) is 0.195. The zero-order chi connectivity index (χ0) is 13.1. The van der Waals surface area contributed by atoms with E-state index in [0.717, 1.165) is 10.2 Å². The number of methoxy groups -OCH3 is 1. The third-order valence-corrected chi connectivity index (χ3v) is 4.87. The minimum Gasteiger partial charge on any atom is -0.497 e. The quantitative estimate of drug-likeness (QED) is 0.671. The molecule has 2 rings (SSSR count). The van der Waals surface area contributed by atoms with E-state index in [9.17, 15) is 0 Å². The van der Waals surface area contributed by atoms with Crippen molar-refractivity contribution in [2.24, 2.45) is 0 Å². The number of hydrogen-bond acceptors (Lipinski definition) is 1. The fourth-order valence-corrected chi connectivity index (χ4v) is 3.03. The predicted molar refractivity (Wildman–Crippen MR) is 82.6 cm³/mol. The third-order valence-electron chi connectivity index (χ3n) is 2.99. The molecule has 94 valence electrons. The smallest absolute Gasteiger partial charge is 0.118 e. The van der Waals surface area contributed by atoms with Gasteiger partial charge in [-0.25, -0.2) is 0 Å². The molecule has 0 spiro atoms. The summed E-state index contributed by atoms with van der Waals surface area (Å²) in [5.41, 5.74) is 3.75. The summed E-state index contributed by atoms with van der Waals surface area (Å²) in [7, 11) is 1.68. The summed E-state index contributed by atoms with van der Waals surface area (Å²) in [6, 6.07) is 14.4. The van der Waals surface area contributed by atoms with Gasteiger partial charge in [0.2, 0.25) is 0 Å². The molecule has 0 saturated carbocycles. The number of ether oxygens (including phenoxy) is 1. The van der Waals surface area contributed by atoms with Crippen LogP contribution in [0.15, 0.2) is 46.9 Å². The van der Waals surface area contributed by atoms with Crippen molar-refractivity contribution < 1.29 is 4.74 Å². The summed E-state index contributed by atoms with van der Waals surface area (Å²) >= 11 is 7.33. The highest BCUT2D eigenvalue weighted by Gasteiger charge is 2.13. The maximum Gasteiger partial charge on any atom is 0.118 e. The molecule has 0 heterocycles. The van der Waals surface area contributed by atoms with Gasteiger partial charge in [-0.2, -0.15) is 0 Å². The van der Waals surface area contributed by atoms with E-state index >= 15 is 0 Å². The average Bonchev–Trinajstić information content (AvgIpc) is 2.41. The first-order valence-electron chi connectivity index (χ1n) is 5.66. The number of alkyl halides is 1. The monoisotopic (exact) mass is 368 g/mol. The number of hydrogen-bond donors (Lipinski definition) is 0. The van der Waals surface area contributed by atoms with E-state index in [1.807, 2.05) is 12.1 Å². The maximum absolute atomic E-state index is 5.17. The van der Waals surface area contributed by atoms with Crippen LogP contribution in [0.4, 0.5) is 0 Å². The van der Waals surface area contributed by atoms with Gasteiger partial charge in [-0.15, -0.1) is 0 Å². The summed E-state index contributed by atoms with van der Waals surface area (Å²) in [6.07, 6.45) is 0. The standard InChI is InChI=1S/C15H14Br2O/c1-10-13(4-3-5-14(10)16)15(17)11-6-8-12(18-2)9-7-11/h3-9,15H,1-2H3. The van der Waals surface area contributed by atoms with Crippen molar-refractivity contribution in [3.63, 3.8) is 0 Å². The molecule has 0 radical (unpaired) electrons. The first-order valence-corrected chi connectivity index (χ1v) is 7.37. The molecule has 18 heavy (non-hydrogen) atoms. The van der Waals surface area contributed by atoms with E-state index in [1.165, 1.54) is 16.7 Å². The Hall–Kier alpha value is -0.800. The minimum absolute atomic E-state index is 0.195. The molecule has 1 atom stereocenters. The Labute approximate surface area is 124 Å². The molecule has 0 aromatic heterocycles. The molecule has 3 heteroatoms. The molecule has 0 amide bonds. The van der Waals surface area contributed by atoms with Crippen LogP contribution in [0.25, 0.3) is 0 Å². The van der Waals surface area contributed by atoms with Gasteiger partial charge >= 0.3 is 0 Å². The normalized spacial score (nSPS) is 12.2.